The molecule has 0 amide bonds. The first-order chi connectivity index (χ1) is 28.3. The molecule has 2 N–H and O–H groups in total. The lowest BCUT2D eigenvalue weighted by molar-refractivity contribution is 0.442. The number of rotatable bonds is 5. The van der Waals surface area contributed by atoms with E-state index in [2.05, 4.69) is 208 Å². The SMILES string of the molecule is C1=C(c2ccccc2)NC(c2cccc(-n3c4ccc5c6ccccc6n(-c6ccccc6)c5c4c4ccc5c6ccccc6oc5c43)c2)NC1c1ccccc1. The van der Waals surface area contributed by atoms with Crippen LogP contribution in [0, 0.1) is 0 Å². The zero-order chi connectivity index (χ0) is 37.5. The van der Waals surface area contributed by atoms with E-state index in [9.17, 15) is 0 Å². The number of hydrogen-bond donors (Lipinski definition) is 2. The second-order valence-electron chi connectivity index (χ2n) is 15.0. The van der Waals surface area contributed by atoms with Gasteiger partial charge in [-0.25, -0.2) is 0 Å². The molecule has 0 bridgehead atoms. The Hall–Kier alpha value is -7.34. The van der Waals surface area contributed by atoms with E-state index >= 15 is 0 Å². The molecule has 0 radical (unpaired) electrons. The second-order valence-corrected chi connectivity index (χ2v) is 15.0. The first-order valence-corrected chi connectivity index (χ1v) is 19.6. The minimum absolute atomic E-state index is 0.0212. The molecule has 2 atom stereocenters. The lowest BCUT2D eigenvalue weighted by Gasteiger charge is -2.33. The van der Waals surface area contributed by atoms with E-state index in [1.54, 1.807) is 0 Å². The number of fused-ring (bicyclic) bond motifs is 11. The minimum Gasteiger partial charge on any atom is -0.454 e. The molecule has 2 unspecified atom stereocenters. The maximum absolute atomic E-state index is 6.86. The van der Waals surface area contributed by atoms with Crippen LogP contribution < -0.4 is 10.6 Å². The van der Waals surface area contributed by atoms with Gasteiger partial charge >= 0.3 is 0 Å². The second kappa shape index (κ2) is 12.6. The van der Waals surface area contributed by atoms with E-state index in [1.165, 1.54) is 32.8 Å². The largest absolute Gasteiger partial charge is 0.454 e. The van der Waals surface area contributed by atoms with Gasteiger partial charge in [0.1, 0.15) is 11.7 Å². The third-order valence-electron chi connectivity index (χ3n) is 11.8. The highest BCUT2D eigenvalue weighted by atomic mass is 16.3. The monoisotopic (exact) mass is 732 g/mol. The Labute approximate surface area is 328 Å². The van der Waals surface area contributed by atoms with Crippen molar-refractivity contribution in [1.82, 2.24) is 19.8 Å². The highest BCUT2D eigenvalue weighted by Crippen LogP contribution is 2.45. The van der Waals surface area contributed by atoms with Crippen molar-refractivity contribution in [3.05, 3.63) is 211 Å². The average Bonchev–Trinajstić information content (AvgIpc) is 3.95. The molecule has 5 heteroatoms. The van der Waals surface area contributed by atoms with Crippen molar-refractivity contribution < 1.29 is 4.42 Å². The van der Waals surface area contributed by atoms with Crippen LogP contribution in [0.5, 0.6) is 0 Å². The van der Waals surface area contributed by atoms with Crippen molar-refractivity contribution in [3.63, 3.8) is 0 Å². The third-order valence-corrected chi connectivity index (χ3v) is 11.8. The van der Waals surface area contributed by atoms with Gasteiger partial charge in [0.25, 0.3) is 0 Å². The maximum atomic E-state index is 6.86. The van der Waals surface area contributed by atoms with Crippen LogP contribution in [0.4, 0.5) is 0 Å². The Balaban J connectivity index is 1.13. The van der Waals surface area contributed by atoms with Gasteiger partial charge in [0.2, 0.25) is 0 Å². The Morgan fingerprint density at radius 1 is 0.456 bits per heavy atom. The number of nitrogens with one attached hydrogen (secondary N) is 2. The van der Waals surface area contributed by atoms with Gasteiger partial charge < -0.3 is 18.9 Å². The van der Waals surface area contributed by atoms with Crippen LogP contribution in [-0.4, -0.2) is 9.13 Å². The number of para-hydroxylation sites is 3. The normalized spacial score (nSPS) is 15.9. The Bertz CT molecular complexity index is 3360. The summed E-state index contributed by atoms with van der Waals surface area (Å²) >= 11 is 0. The molecule has 12 rings (SSSR count). The lowest BCUT2D eigenvalue weighted by Crippen LogP contribution is -2.39. The van der Waals surface area contributed by atoms with Gasteiger partial charge in [0.15, 0.2) is 5.58 Å². The lowest BCUT2D eigenvalue weighted by atomic mass is 9.98. The zero-order valence-electron chi connectivity index (χ0n) is 30.9. The fourth-order valence-corrected chi connectivity index (χ4v) is 9.24. The summed E-state index contributed by atoms with van der Waals surface area (Å²) in [7, 11) is 0. The molecule has 1 aliphatic heterocycles. The average molecular weight is 733 g/mol. The highest BCUT2D eigenvalue weighted by molar-refractivity contribution is 6.29. The number of aromatic nitrogens is 2. The van der Waals surface area contributed by atoms with E-state index in [1.807, 2.05) is 6.07 Å². The van der Waals surface area contributed by atoms with Crippen LogP contribution in [0.1, 0.15) is 28.9 Å². The van der Waals surface area contributed by atoms with E-state index < -0.39 is 0 Å². The predicted molar refractivity (Wildman–Crippen MR) is 235 cm³/mol. The van der Waals surface area contributed by atoms with Gasteiger partial charge in [-0.2, -0.15) is 0 Å². The Morgan fingerprint density at radius 3 is 1.95 bits per heavy atom. The van der Waals surface area contributed by atoms with Gasteiger partial charge in [-0.1, -0.05) is 140 Å². The molecular weight excluding hydrogens is 697 g/mol. The molecule has 0 fully saturated rings. The first-order valence-electron chi connectivity index (χ1n) is 19.6. The molecule has 57 heavy (non-hydrogen) atoms. The summed E-state index contributed by atoms with van der Waals surface area (Å²) in [4.78, 5) is 0. The van der Waals surface area contributed by atoms with Gasteiger partial charge in [-0.05, 0) is 71.3 Å². The summed E-state index contributed by atoms with van der Waals surface area (Å²) < 4.78 is 11.7. The van der Waals surface area contributed by atoms with E-state index in [4.69, 9.17) is 4.42 Å². The standard InChI is InChI=1S/C52H36N4O/c1-4-15-33(16-5-1)43-32-44(34-17-6-2-7-18-34)54-52(53-43)35-19-14-22-37(31-35)56-46-30-29-40-38-23-10-12-25-45(38)55(36-20-8-3-9-21-36)49(40)48(46)42-28-27-41-39-24-11-13-26-47(39)57-51(41)50(42)56/h1-32,43,52-54H. The van der Waals surface area contributed by atoms with Gasteiger partial charge in [0.05, 0.1) is 28.1 Å². The van der Waals surface area contributed by atoms with Gasteiger partial charge in [-0.15, -0.1) is 0 Å². The van der Waals surface area contributed by atoms with Crippen molar-refractivity contribution in [1.29, 1.82) is 0 Å². The number of benzene rings is 8. The molecule has 0 spiro atoms. The third kappa shape index (κ3) is 4.93. The molecule has 270 valence electrons. The fourth-order valence-electron chi connectivity index (χ4n) is 9.24. The summed E-state index contributed by atoms with van der Waals surface area (Å²) in [5, 5.41) is 14.8. The fraction of sp³-hybridized carbons (Fsp3) is 0.0385. The molecule has 1 aliphatic rings. The van der Waals surface area contributed by atoms with E-state index in [0.29, 0.717) is 0 Å². The number of hydrogen-bond acceptors (Lipinski definition) is 3. The van der Waals surface area contributed by atoms with Crippen LogP contribution in [0.25, 0.3) is 82.6 Å². The van der Waals surface area contributed by atoms with Crippen LogP contribution in [0.3, 0.4) is 0 Å². The maximum Gasteiger partial charge on any atom is 0.160 e. The molecule has 0 aliphatic carbocycles. The van der Waals surface area contributed by atoms with Crippen molar-refractivity contribution in [3.8, 4) is 11.4 Å². The number of nitrogens with zero attached hydrogens (tertiary/aromatic N) is 2. The minimum atomic E-state index is -0.151. The number of furan rings is 1. The summed E-state index contributed by atoms with van der Waals surface area (Å²) in [5.41, 5.74) is 13.2. The van der Waals surface area contributed by atoms with Crippen molar-refractivity contribution >= 4 is 71.2 Å². The summed E-state index contributed by atoms with van der Waals surface area (Å²) in [6.45, 7) is 0. The summed E-state index contributed by atoms with van der Waals surface area (Å²) in [6, 6.07) is 67.3. The van der Waals surface area contributed by atoms with E-state index in [0.717, 1.165) is 66.6 Å². The quantitative estimate of drug-likeness (QED) is 0.185. The molecule has 4 heterocycles. The van der Waals surface area contributed by atoms with E-state index in [-0.39, 0.29) is 12.2 Å². The van der Waals surface area contributed by atoms with Crippen LogP contribution >= 0.6 is 0 Å². The molecule has 8 aromatic carbocycles. The van der Waals surface area contributed by atoms with Crippen molar-refractivity contribution in [2.75, 3.05) is 0 Å². The Kier molecular flexibility index (Phi) is 7.06. The topological polar surface area (TPSA) is 47.1 Å². The molecular formula is C52H36N4O. The molecule has 11 aromatic rings. The van der Waals surface area contributed by atoms with Gasteiger partial charge in [-0.3, -0.25) is 5.32 Å². The highest BCUT2D eigenvalue weighted by Gasteiger charge is 2.27. The first kappa shape index (κ1) is 32.0. The molecule has 0 saturated heterocycles. The summed E-state index contributed by atoms with van der Waals surface area (Å²) in [5.74, 6) is 0. The van der Waals surface area contributed by atoms with Crippen LogP contribution in [-0.2, 0) is 0 Å². The smallest absolute Gasteiger partial charge is 0.160 e. The van der Waals surface area contributed by atoms with Gasteiger partial charge in [0, 0.05) is 49.4 Å². The molecule has 0 saturated carbocycles. The summed E-state index contributed by atoms with van der Waals surface area (Å²) in [6.07, 6.45) is 2.15. The molecule has 3 aromatic heterocycles. The predicted octanol–water partition coefficient (Wildman–Crippen LogP) is 12.8. The van der Waals surface area contributed by atoms with Crippen LogP contribution in [0.15, 0.2) is 199 Å². The van der Waals surface area contributed by atoms with Crippen molar-refractivity contribution in [2.24, 2.45) is 0 Å². The zero-order valence-corrected chi connectivity index (χ0v) is 30.9. The van der Waals surface area contributed by atoms with Crippen molar-refractivity contribution in [2.45, 2.75) is 12.2 Å². The Morgan fingerprint density at radius 2 is 1.11 bits per heavy atom. The molecule has 5 nitrogen and oxygen atoms in total. The van der Waals surface area contributed by atoms with Crippen LogP contribution in [0.2, 0.25) is 0 Å².